The van der Waals surface area contributed by atoms with Gasteiger partial charge in [-0.1, -0.05) is 24.3 Å². The molecule has 1 heterocycles. The summed E-state index contributed by atoms with van der Waals surface area (Å²) in [6.45, 7) is 5.48. The molecule has 0 atom stereocenters. The summed E-state index contributed by atoms with van der Waals surface area (Å²) in [5, 5.41) is 9.14. The summed E-state index contributed by atoms with van der Waals surface area (Å²) in [6, 6.07) is 14.1. The van der Waals surface area contributed by atoms with E-state index in [-0.39, 0.29) is 6.61 Å². The monoisotopic (exact) mass is 310 g/mol. The van der Waals surface area contributed by atoms with Crippen molar-refractivity contribution in [3.05, 3.63) is 59.4 Å². The van der Waals surface area contributed by atoms with Gasteiger partial charge in [-0.2, -0.15) is 0 Å². The number of ether oxygens (including phenoxy) is 1. The predicted molar refractivity (Wildman–Crippen MR) is 91.7 cm³/mol. The van der Waals surface area contributed by atoms with Crippen LogP contribution in [0, 0.1) is 13.8 Å². The van der Waals surface area contributed by atoms with Crippen molar-refractivity contribution in [3.63, 3.8) is 0 Å². The summed E-state index contributed by atoms with van der Waals surface area (Å²) >= 11 is 0. The molecule has 0 fully saturated rings. The molecule has 120 valence electrons. The maximum absolute atomic E-state index is 9.14. The molecule has 4 nitrogen and oxygen atoms in total. The number of hydrogen-bond donors (Lipinski definition) is 1. The highest BCUT2D eigenvalue weighted by atomic mass is 16.5. The van der Waals surface area contributed by atoms with Crippen molar-refractivity contribution in [1.29, 1.82) is 0 Å². The Kier molecular flexibility index (Phi) is 4.63. The number of hydrogen-bond acceptors (Lipinski definition) is 3. The molecule has 0 aliphatic heterocycles. The number of aromatic nitrogens is 2. The van der Waals surface area contributed by atoms with Crippen LogP contribution in [0.25, 0.3) is 11.0 Å². The van der Waals surface area contributed by atoms with Crippen LogP contribution >= 0.6 is 0 Å². The summed E-state index contributed by atoms with van der Waals surface area (Å²) < 4.78 is 8.14. The van der Waals surface area contributed by atoms with Crippen molar-refractivity contribution in [2.75, 3.05) is 6.61 Å². The summed E-state index contributed by atoms with van der Waals surface area (Å²) in [5.74, 6) is 1.78. The van der Waals surface area contributed by atoms with Gasteiger partial charge < -0.3 is 14.4 Å². The van der Waals surface area contributed by atoms with E-state index in [1.807, 2.05) is 30.3 Å². The van der Waals surface area contributed by atoms with Crippen LogP contribution in [0.2, 0.25) is 0 Å². The number of aliphatic hydroxyl groups is 1. The SMILES string of the molecule is Cc1cccc(OCc2nc3ccccc3n2CCCO)c1C. The minimum absolute atomic E-state index is 0.170. The molecule has 0 amide bonds. The molecular formula is C19H22N2O2. The van der Waals surface area contributed by atoms with E-state index in [0.717, 1.165) is 34.7 Å². The van der Waals surface area contributed by atoms with Gasteiger partial charge in [-0.25, -0.2) is 4.98 Å². The van der Waals surface area contributed by atoms with E-state index in [4.69, 9.17) is 9.84 Å². The number of aliphatic hydroxyl groups excluding tert-OH is 1. The molecule has 1 N–H and O–H groups in total. The number of nitrogens with zero attached hydrogens (tertiary/aromatic N) is 2. The normalized spacial score (nSPS) is 11.1. The number of fused-ring (bicyclic) bond motifs is 1. The minimum Gasteiger partial charge on any atom is -0.485 e. The van der Waals surface area contributed by atoms with Crippen molar-refractivity contribution in [2.45, 2.75) is 33.4 Å². The molecule has 0 aliphatic rings. The third kappa shape index (κ3) is 3.22. The van der Waals surface area contributed by atoms with Gasteiger partial charge in [0.05, 0.1) is 11.0 Å². The highest BCUT2D eigenvalue weighted by Gasteiger charge is 2.11. The van der Waals surface area contributed by atoms with E-state index in [1.54, 1.807) is 0 Å². The quantitative estimate of drug-likeness (QED) is 0.756. The molecule has 4 heteroatoms. The molecule has 2 aromatic carbocycles. The fourth-order valence-electron chi connectivity index (χ4n) is 2.74. The molecule has 23 heavy (non-hydrogen) atoms. The molecular weight excluding hydrogens is 288 g/mol. The first-order chi connectivity index (χ1) is 11.2. The Morgan fingerprint density at radius 1 is 1.09 bits per heavy atom. The standard InChI is InChI=1S/C19H22N2O2/c1-14-7-5-10-18(15(14)2)23-13-19-20-16-8-3-4-9-17(16)21(19)11-6-12-22/h3-5,7-10,22H,6,11-13H2,1-2H3. The van der Waals surface area contributed by atoms with Gasteiger partial charge in [0.15, 0.2) is 0 Å². The second kappa shape index (κ2) is 6.84. The average Bonchev–Trinajstić information content (AvgIpc) is 2.92. The largest absolute Gasteiger partial charge is 0.485 e. The lowest BCUT2D eigenvalue weighted by Gasteiger charge is -2.12. The first-order valence-electron chi connectivity index (χ1n) is 7.94. The molecule has 0 aliphatic carbocycles. The van der Waals surface area contributed by atoms with Gasteiger partial charge in [-0.05, 0) is 49.6 Å². The highest BCUT2D eigenvalue weighted by Crippen LogP contribution is 2.23. The Bertz CT molecular complexity index is 808. The predicted octanol–water partition coefficient (Wildman–Crippen LogP) is 3.61. The van der Waals surface area contributed by atoms with E-state index in [2.05, 4.69) is 35.5 Å². The zero-order chi connectivity index (χ0) is 16.2. The molecule has 0 radical (unpaired) electrons. The van der Waals surface area contributed by atoms with Crippen LogP contribution in [0.3, 0.4) is 0 Å². The molecule has 1 aromatic heterocycles. The summed E-state index contributed by atoms with van der Waals surface area (Å²) in [4.78, 5) is 4.69. The summed E-state index contributed by atoms with van der Waals surface area (Å²) in [6.07, 6.45) is 0.705. The van der Waals surface area contributed by atoms with Crippen LogP contribution in [0.15, 0.2) is 42.5 Å². The van der Waals surface area contributed by atoms with Crippen molar-refractivity contribution >= 4 is 11.0 Å². The van der Waals surface area contributed by atoms with Gasteiger partial charge in [-0.15, -0.1) is 0 Å². The number of rotatable bonds is 6. The Hall–Kier alpha value is -2.33. The van der Waals surface area contributed by atoms with Gasteiger partial charge in [0.2, 0.25) is 0 Å². The van der Waals surface area contributed by atoms with Gasteiger partial charge >= 0.3 is 0 Å². The maximum atomic E-state index is 9.14. The van der Waals surface area contributed by atoms with E-state index < -0.39 is 0 Å². The molecule has 3 aromatic rings. The van der Waals surface area contributed by atoms with Crippen LogP contribution in [0.5, 0.6) is 5.75 Å². The number of aryl methyl sites for hydroxylation is 2. The van der Waals surface area contributed by atoms with Crippen LogP contribution in [-0.2, 0) is 13.2 Å². The lowest BCUT2D eigenvalue weighted by molar-refractivity contribution is 0.269. The minimum atomic E-state index is 0.170. The Morgan fingerprint density at radius 3 is 2.74 bits per heavy atom. The number of imidazole rings is 1. The third-order valence-electron chi connectivity index (χ3n) is 4.19. The number of para-hydroxylation sites is 2. The molecule has 0 saturated carbocycles. The maximum Gasteiger partial charge on any atom is 0.147 e. The Balaban J connectivity index is 1.88. The van der Waals surface area contributed by atoms with E-state index in [1.165, 1.54) is 5.56 Å². The molecule has 0 unspecified atom stereocenters. The van der Waals surface area contributed by atoms with Crippen molar-refractivity contribution < 1.29 is 9.84 Å². The second-order valence-electron chi connectivity index (χ2n) is 5.73. The van der Waals surface area contributed by atoms with Gasteiger partial charge in [0.1, 0.15) is 18.2 Å². The molecule has 0 spiro atoms. The van der Waals surface area contributed by atoms with E-state index in [9.17, 15) is 0 Å². The van der Waals surface area contributed by atoms with Gasteiger partial charge in [0.25, 0.3) is 0 Å². The smallest absolute Gasteiger partial charge is 0.147 e. The fraction of sp³-hybridized carbons (Fsp3) is 0.316. The zero-order valence-corrected chi connectivity index (χ0v) is 13.6. The summed E-state index contributed by atoms with van der Waals surface area (Å²) in [7, 11) is 0. The van der Waals surface area contributed by atoms with Gasteiger partial charge in [0, 0.05) is 13.2 Å². The first kappa shape index (κ1) is 15.6. The Labute approximate surface area is 136 Å². The fourth-order valence-corrected chi connectivity index (χ4v) is 2.74. The second-order valence-corrected chi connectivity index (χ2v) is 5.73. The van der Waals surface area contributed by atoms with Crippen molar-refractivity contribution in [2.24, 2.45) is 0 Å². The van der Waals surface area contributed by atoms with Crippen molar-refractivity contribution in [3.8, 4) is 5.75 Å². The highest BCUT2D eigenvalue weighted by molar-refractivity contribution is 5.75. The molecule has 0 saturated heterocycles. The molecule has 3 rings (SSSR count). The lowest BCUT2D eigenvalue weighted by atomic mass is 10.1. The topological polar surface area (TPSA) is 47.3 Å². The number of benzene rings is 2. The van der Waals surface area contributed by atoms with E-state index in [0.29, 0.717) is 13.0 Å². The third-order valence-corrected chi connectivity index (χ3v) is 4.19. The summed E-state index contributed by atoms with van der Waals surface area (Å²) in [5.41, 5.74) is 4.42. The van der Waals surface area contributed by atoms with Crippen molar-refractivity contribution in [1.82, 2.24) is 9.55 Å². The lowest BCUT2D eigenvalue weighted by Crippen LogP contribution is -2.09. The van der Waals surface area contributed by atoms with Crippen LogP contribution < -0.4 is 4.74 Å². The van der Waals surface area contributed by atoms with E-state index >= 15 is 0 Å². The van der Waals surface area contributed by atoms with Crippen LogP contribution in [0.4, 0.5) is 0 Å². The van der Waals surface area contributed by atoms with Crippen LogP contribution in [0.1, 0.15) is 23.4 Å². The molecule has 0 bridgehead atoms. The Morgan fingerprint density at radius 2 is 1.91 bits per heavy atom. The average molecular weight is 310 g/mol. The zero-order valence-electron chi connectivity index (χ0n) is 13.6. The first-order valence-corrected chi connectivity index (χ1v) is 7.94. The van der Waals surface area contributed by atoms with Gasteiger partial charge in [-0.3, -0.25) is 0 Å². The van der Waals surface area contributed by atoms with Crippen LogP contribution in [-0.4, -0.2) is 21.3 Å².